The summed E-state index contributed by atoms with van der Waals surface area (Å²) in [6.45, 7) is 5.99. The zero-order valence-corrected chi connectivity index (χ0v) is 21.1. The number of ketones is 1. The Morgan fingerprint density at radius 1 is 1.15 bits per heavy atom. The molecule has 2 atom stereocenters. The van der Waals surface area contributed by atoms with Crippen LogP contribution in [-0.4, -0.2) is 30.1 Å². The number of benzene rings is 1. The summed E-state index contributed by atoms with van der Waals surface area (Å²) < 4.78 is 11.3. The molecule has 0 spiro atoms. The number of Topliss-reactive ketones (excluding diaryl/α,β-unsaturated/α-hetero) is 1. The number of hydrogen-bond acceptors (Lipinski definition) is 4. The first-order valence-electron chi connectivity index (χ1n) is 13.4. The van der Waals surface area contributed by atoms with Gasteiger partial charge in [0.05, 0.1) is 12.3 Å². The first-order chi connectivity index (χ1) is 16.6. The fourth-order valence-corrected chi connectivity index (χ4v) is 5.23. The predicted molar refractivity (Wildman–Crippen MR) is 137 cm³/mol. The van der Waals surface area contributed by atoms with Crippen LogP contribution in [0.5, 0.6) is 5.75 Å². The van der Waals surface area contributed by atoms with Crippen molar-refractivity contribution in [2.24, 2.45) is 11.8 Å². The first-order valence-corrected chi connectivity index (χ1v) is 13.4. The molecule has 2 heterocycles. The second kappa shape index (κ2) is 12.5. The fraction of sp³-hybridized carbons (Fsp3) is 0.600. The van der Waals surface area contributed by atoms with E-state index in [2.05, 4.69) is 37.0 Å². The molecule has 4 heteroatoms. The van der Waals surface area contributed by atoms with Crippen LogP contribution in [-0.2, 0) is 24.0 Å². The van der Waals surface area contributed by atoms with Gasteiger partial charge in [-0.2, -0.15) is 0 Å². The van der Waals surface area contributed by atoms with Crippen molar-refractivity contribution in [3.63, 3.8) is 0 Å². The monoisotopic (exact) mass is 463 g/mol. The second-order valence-corrected chi connectivity index (χ2v) is 10.6. The average molecular weight is 464 g/mol. The summed E-state index contributed by atoms with van der Waals surface area (Å²) in [6.07, 6.45) is 14.1. The molecule has 1 aliphatic heterocycles. The van der Waals surface area contributed by atoms with Gasteiger partial charge in [0.15, 0.2) is 5.78 Å². The van der Waals surface area contributed by atoms with Crippen LogP contribution in [0.3, 0.4) is 0 Å². The lowest BCUT2D eigenvalue weighted by molar-refractivity contribution is 0.0678. The lowest BCUT2D eigenvalue weighted by Crippen LogP contribution is -2.17. The summed E-state index contributed by atoms with van der Waals surface area (Å²) in [7, 11) is 0. The third-order valence-electron chi connectivity index (χ3n) is 7.36. The molecule has 2 aromatic rings. The van der Waals surface area contributed by atoms with Crippen molar-refractivity contribution >= 4 is 5.78 Å². The van der Waals surface area contributed by atoms with Crippen molar-refractivity contribution in [1.29, 1.82) is 0 Å². The van der Waals surface area contributed by atoms with Gasteiger partial charge in [-0.05, 0) is 92.0 Å². The van der Waals surface area contributed by atoms with E-state index in [1.165, 1.54) is 48.8 Å². The van der Waals surface area contributed by atoms with Gasteiger partial charge in [0.2, 0.25) is 0 Å². The maximum Gasteiger partial charge on any atom is 0.181 e. The SMILES string of the molecule is CC(C)CCCCc1ccc2c(c1)CC[C@H](CCC(=O)c1ccc(OC[C@@H]3CCCO3)cn1)C2. The van der Waals surface area contributed by atoms with Gasteiger partial charge in [-0.15, -0.1) is 0 Å². The minimum Gasteiger partial charge on any atom is -0.489 e. The van der Waals surface area contributed by atoms with E-state index in [4.69, 9.17) is 9.47 Å². The Morgan fingerprint density at radius 3 is 2.82 bits per heavy atom. The van der Waals surface area contributed by atoms with Crippen LogP contribution in [0.15, 0.2) is 36.5 Å². The summed E-state index contributed by atoms with van der Waals surface area (Å²) >= 11 is 0. The van der Waals surface area contributed by atoms with Gasteiger partial charge < -0.3 is 9.47 Å². The first kappa shape index (κ1) is 24.9. The van der Waals surface area contributed by atoms with Crippen molar-refractivity contribution in [3.8, 4) is 5.75 Å². The molecule has 0 unspecified atom stereocenters. The van der Waals surface area contributed by atoms with Crippen molar-refractivity contribution in [2.75, 3.05) is 13.2 Å². The van der Waals surface area contributed by atoms with Gasteiger partial charge in [-0.3, -0.25) is 4.79 Å². The van der Waals surface area contributed by atoms with Gasteiger partial charge in [-0.1, -0.05) is 44.9 Å². The minimum atomic E-state index is 0.133. The number of rotatable bonds is 12. The Labute approximate surface area is 205 Å². The fourth-order valence-electron chi connectivity index (χ4n) is 5.23. The number of carbonyl (C=O) groups is 1. The molecule has 0 radical (unpaired) electrons. The third-order valence-corrected chi connectivity index (χ3v) is 7.36. The number of aromatic nitrogens is 1. The van der Waals surface area contributed by atoms with Crippen LogP contribution < -0.4 is 4.74 Å². The molecule has 34 heavy (non-hydrogen) atoms. The van der Waals surface area contributed by atoms with Crippen LogP contribution >= 0.6 is 0 Å². The molecule has 1 aromatic heterocycles. The van der Waals surface area contributed by atoms with Crippen molar-refractivity contribution in [3.05, 3.63) is 58.9 Å². The van der Waals surface area contributed by atoms with E-state index in [-0.39, 0.29) is 11.9 Å². The van der Waals surface area contributed by atoms with Gasteiger partial charge in [0.1, 0.15) is 18.1 Å². The number of fused-ring (bicyclic) bond motifs is 1. The molecule has 0 N–H and O–H groups in total. The van der Waals surface area contributed by atoms with E-state index in [9.17, 15) is 4.79 Å². The highest BCUT2D eigenvalue weighted by Crippen LogP contribution is 2.30. The van der Waals surface area contributed by atoms with Gasteiger partial charge in [-0.25, -0.2) is 4.98 Å². The third kappa shape index (κ3) is 7.40. The van der Waals surface area contributed by atoms with Crippen molar-refractivity contribution in [2.45, 2.75) is 90.6 Å². The summed E-state index contributed by atoms with van der Waals surface area (Å²) in [5.74, 6) is 2.23. The lowest BCUT2D eigenvalue weighted by Gasteiger charge is -2.25. The standard InChI is InChI=1S/C30H41NO3/c1-22(2)6-3-4-7-23-9-12-26-19-24(10-13-25(26)18-23)11-16-30(32)29-15-14-27(20-31-29)34-21-28-8-5-17-33-28/h9,12,14-15,18,20,22,24,28H,3-8,10-11,13,16-17,19,21H2,1-2H3/t24-,28+/m1/s1. The van der Waals surface area contributed by atoms with Crippen LogP contribution in [0, 0.1) is 11.8 Å². The Bertz CT molecular complexity index is 915. The Hall–Kier alpha value is -2.20. The quantitative estimate of drug-likeness (QED) is 0.257. The Kier molecular flexibility index (Phi) is 9.15. The zero-order valence-electron chi connectivity index (χ0n) is 21.1. The molecule has 4 rings (SSSR count). The molecular formula is C30H41NO3. The summed E-state index contributed by atoms with van der Waals surface area (Å²) in [6, 6.07) is 10.8. The highest BCUT2D eigenvalue weighted by atomic mass is 16.5. The zero-order chi connectivity index (χ0) is 23.8. The number of ether oxygens (including phenoxy) is 2. The average Bonchev–Trinajstić information content (AvgIpc) is 3.38. The van der Waals surface area contributed by atoms with Gasteiger partial charge in [0.25, 0.3) is 0 Å². The molecule has 4 nitrogen and oxygen atoms in total. The van der Waals surface area contributed by atoms with E-state index in [1.807, 2.05) is 6.07 Å². The van der Waals surface area contributed by atoms with E-state index in [1.54, 1.807) is 12.3 Å². The molecule has 1 aliphatic carbocycles. The van der Waals surface area contributed by atoms with E-state index >= 15 is 0 Å². The molecule has 0 bridgehead atoms. The Balaban J connectivity index is 1.20. The van der Waals surface area contributed by atoms with E-state index in [0.29, 0.717) is 30.4 Å². The number of pyridine rings is 1. The number of carbonyl (C=O) groups excluding carboxylic acids is 1. The number of hydrogen-bond donors (Lipinski definition) is 0. The molecule has 0 amide bonds. The van der Waals surface area contributed by atoms with Crippen LogP contribution in [0.1, 0.15) is 92.4 Å². The normalized spacial score (nSPS) is 19.9. The number of unbranched alkanes of at least 4 members (excludes halogenated alkanes) is 1. The Morgan fingerprint density at radius 2 is 2.06 bits per heavy atom. The van der Waals surface area contributed by atoms with Crippen molar-refractivity contribution in [1.82, 2.24) is 4.98 Å². The molecule has 184 valence electrons. The lowest BCUT2D eigenvalue weighted by atomic mass is 9.80. The van der Waals surface area contributed by atoms with E-state index < -0.39 is 0 Å². The molecule has 1 saturated heterocycles. The largest absolute Gasteiger partial charge is 0.489 e. The number of nitrogens with zero attached hydrogens (tertiary/aromatic N) is 1. The highest BCUT2D eigenvalue weighted by Gasteiger charge is 2.21. The van der Waals surface area contributed by atoms with Crippen LogP contribution in [0.4, 0.5) is 0 Å². The molecule has 0 saturated carbocycles. The summed E-state index contributed by atoms with van der Waals surface area (Å²) in [5.41, 5.74) is 5.05. The summed E-state index contributed by atoms with van der Waals surface area (Å²) in [4.78, 5) is 17.1. The smallest absolute Gasteiger partial charge is 0.181 e. The predicted octanol–water partition coefficient (Wildman–Crippen LogP) is 6.78. The maximum absolute atomic E-state index is 12.7. The molecule has 1 aromatic carbocycles. The van der Waals surface area contributed by atoms with Gasteiger partial charge in [0, 0.05) is 13.0 Å². The number of aryl methyl sites for hydroxylation is 2. The second-order valence-electron chi connectivity index (χ2n) is 10.6. The molecular weight excluding hydrogens is 422 g/mol. The summed E-state index contributed by atoms with van der Waals surface area (Å²) in [5, 5.41) is 0. The topological polar surface area (TPSA) is 48.4 Å². The maximum atomic E-state index is 12.7. The van der Waals surface area contributed by atoms with Crippen LogP contribution in [0.25, 0.3) is 0 Å². The molecule has 2 aliphatic rings. The molecule has 1 fully saturated rings. The van der Waals surface area contributed by atoms with Crippen LogP contribution in [0.2, 0.25) is 0 Å². The van der Waals surface area contributed by atoms with E-state index in [0.717, 1.165) is 44.6 Å². The minimum absolute atomic E-state index is 0.133. The highest BCUT2D eigenvalue weighted by molar-refractivity contribution is 5.94. The van der Waals surface area contributed by atoms with Crippen molar-refractivity contribution < 1.29 is 14.3 Å². The van der Waals surface area contributed by atoms with Gasteiger partial charge >= 0.3 is 0 Å².